The van der Waals surface area contributed by atoms with Gasteiger partial charge in [0.2, 0.25) is 0 Å². The fraction of sp³-hybridized carbons (Fsp3) is 1.00. The normalized spacial score (nSPS) is 21.4. The van der Waals surface area contributed by atoms with E-state index in [2.05, 4.69) is 0 Å². The Bertz CT molecular complexity index is 182. The average molecular weight is 248 g/mol. The van der Waals surface area contributed by atoms with E-state index in [1.165, 1.54) is 19.3 Å². The summed E-state index contributed by atoms with van der Waals surface area (Å²) in [7, 11) is 0. The van der Waals surface area contributed by atoms with E-state index in [0.29, 0.717) is 6.61 Å². The Morgan fingerprint density at radius 1 is 1.00 bits per heavy atom. The highest BCUT2D eigenvalue weighted by Gasteiger charge is 2.17. The Morgan fingerprint density at radius 2 is 1.71 bits per heavy atom. The van der Waals surface area contributed by atoms with Gasteiger partial charge in [-0.05, 0) is 12.8 Å². The van der Waals surface area contributed by atoms with Gasteiger partial charge in [-0.2, -0.15) is 0 Å². The molecule has 0 aliphatic heterocycles. The highest BCUT2D eigenvalue weighted by Crippen LogP contribution is 2.20. The average Bonchev–Trinajstić information content (AvgIpc) is 2.39. The van der Waals surface area contributed by atoms with E-state index in [4.69, 9.17) is 24.8 Å². The Morgan fingerprint density at radius 3 is 2.29 bits per heavy atom. The van der Waals surface area contributed by atoms with Crippen LogP contribution in [0.2, 0.25) is 0 Å². The van der Waals surface area contributed by atoms with Crippen LogP contribution >= 0.6 is 0 Å². The van der Waals surface area contributed by atoms with Crippen molar-refractivity contribution in [1.82, 2.24) is 0 Å². The van der Waals surface area contributed by atoms with Crippen LogP contribution < -0.4 is 0 Å². The van der Waals surface area contributed by atoms with E-state index >= 15 is 0 Å². The van der Waals surface area contributed by atoms with E-state index in [1.54, 1.807) is 0 Å². The molecule has 0 radical (unpaired) electrons. The summed E-state index contributed by atoms with van der Waals surface area (Å²) < 4.78 is 10.9. The van der Waals surface area contributed by atoms with Crippen molar-refractivity contribution < 1.29 is 24.8 Å². The third kappa shape index (κ3) is 6.33. The molecule has 3 N–H and O–H groups in total. The Kier molecular flexibility index (Phi) is 7.72. The van der Waals surface area contributed by atoms with Crippen molar-refractivity contribution in [2.24, 2.45) is 0 Å². The van der Waals surface area contributed by atoms with Gasteiger partial charge in [0.15, 0.2) is 0 Å². The molecular formula is C12H24O5. The minimum atomic E-state index is -0.890. The topological polar surface area (TPSA) is 79.2 Å². The molecule has 0 aromatic rings. The van der Waals surface area contributed by atoms with Crippen LogP contribution in [-0.4, -0.2) is 60.1 Å². The van der Waals surface area contributed by atoms with Crippen molar-refractivity contribution in [2.75, 3.05) is 26.4 Å². The van der Waals surface area contributed by atoms with Crippen molar-refractivity contribution >= 4 is 0 Å². The number of ether oxygens (including phenoxy) is 2. The molecule has 0 aromatic heterocycles. The molecule has 102 valence electrons. The first-order chi connectivity index (χ1) is 8.26. The lowest BCUT2D eigenvalue weighted by Crippen LogP contribution is -2.31. The van der Waals surface area contributed by atoms with Crippen molar-refractivity contribution in [3.05, 3.63) is 0 Å². The number of aliphatic hydroxyl groups is 3. The van der Waals surface area contributed by atoms with E-state index in [0.717, 1.165) is 12.8 Å². The quantitative estimate of drug-likeness (QED) is 0.566. The van der Waals surface area contributed by atoms with Gasteiger partial charge in [0, 0.05) is 0 Å². The lowest BCUT2D eigenvalue weighted by molar-refractivity contribution is -0.0935. The highest BCUT2D eigenvalue weighted by molar-refractivity contribution is 4.66. The van der Waals surface area contributed by atoms with Gasteiger partial charge < -0.3 is 24.8 Å². The second kappa shape index (κ2) is 8.83. The highest BCUT2D eigenvalue weighted by atomic mass is 16.5. The predicted molar refractivity (Wildman–Crippen MR) is 62.7 cm³/mol. The van der Waals surface area contributed by atoms with Crippen LogP contribution in [0, 0.1) is 0 Å². The van der Waals surface area contributed by atoms with Crippen LogP contribution in [0.4, 0.5) is 0 Å². The van der Waals surface area contributed by atoms with Crippen molar-refractivity contribution in [2.45, 2.75) is 50.4 Å². The van der Waals surface area contributed by atoms with Gasteiger partial charge in [0.25, 0.3) is 0 Å². The van der Waals surface area contributed by atoms with E-state index in [-0.39, 0.29) is 25.9 Å². The molecule has 5 heteroatoms. The van der Waals surface area contributed by atoms with Crippen LogP contribution in [0.1, 0.15) is 32.1 Å². The lowest BCUT2D eigenvalue weighted by Gasteiger charge is -2.24. The maximum absolute atomic E-state index is 9.12. The predicted octanol–water partition coefficient (Wildman–Crippen LogP) is 0.0664. The van der Waals surface area contributed by atoms with Gasteiger partial charge in [-0.15, -0.1) is 0 Å². The van der Waals surface area contributed by atoms with Crippen LogP contribution in [0.5, 0.6) is 0 Å². The molecule has 17 heavy (non-hydrogen) atoms. The van der Waals surface area contributed by atoms with Gasteiger partial charge in [0.05, 0.1) is 32.5 Å². The van der Waals surface area contributed by atoms with Gasteiger partial charge in [-0.25, -0.2) is 0 Å². The molecule has 0 saturated heterocycles. The molecule has 0 aromatic carbocycles. The molecule has 5 nitrogen and oxygen atoms in total. The monoisotopic (exact) mass is 248 g/mol. The summed E-state index contributed by atoms with van der Waals surface area (Å²) in [4.78, 5) is 0. The first-order valence-corrected chi connectivity index (χ1v) is 6.39. The zero-order valence-corrected chi connectivity index (χ0v) is 10.3. The zero-order valence-electron chi connectivity index (χ0n) is 10.3. The van der Waals surface area contributed by atoms with Gasteiger partial charge in [0.1, 0.15) is 12.2 Å². The minimum absolute atomic E-state index is 0.0236. The molecule has 0 bridgehead atoms. The molecule has 0 heterocycles. The second-order valence-corrected chi connectivity index (χ2v) is 4.57. The Hall–Kier alpha value is -0.200. The first kappa shape index (κ1) is 14.9. The van der Waals surface area contributed by atoms with Crippen molar-refractivity contribution in [1.29, 1.82) is 0 Å². The molecule has 1 aliphatic carbocycles. The summed E-state index contributed by atoms with van der Waals surface area (Å²) in [5, 5.41) is 26.8. The van der Waals surface area contributed by atoms with Crippen LogP contribution in [0.15, 0.2) is 0 Å². The van der Waals surface area contributed by atoms with E-state index < -0.39 is 12.2 Å². The smallest absolute Gasteiger partial charge is 0.104 e. The second-order valence-electron chi connectivity index (χ2n) is 4.57. The first-order valence-electron chi connectivity index (χ1n) is 6.39. The number of hydrogen-bond acceptors (Lipinski definition) is 5. The summed E-state index contributed by atoms with van der Waals surface area (Å²) >= 11 is 0. The third-order valence-electron chi connectivity index (χ3n) is 3.01. The number of hydrogen-bond donors (Lipinski definition) is 3. The molecule has 0 amide bonds. The molecule has 1 saturated carbocycles. The molecule has 0 spiro atoms. The van der Waals surface area contributed by atoms with E-state index in [9.17, 15) is 0 Å². The van der Waals surface area contributed by atoms with Gasteiger partial charge in [-0.1, -0.05) is 19.3 Å². The summed E-state index contributed by atoms with van der Waals surface area (Å²) in [6.45, 7) is -0.0957. The minimum Gasteiger partial charge on any atom is -0.394 e. The maximum atomic E-state index is 9.12. The molecule has 2 unspecified atom stereocenters. The molecular weight excluding hydrogens is 224 g/mol. The van der Waals surface area contributed by atoms with Crippen molar-refractivity contribution in [3.8, 4) is 0 Å². The van der Waals surface area contributed by atoms with Gasteiger partial charge in [-0.3, -0.25) is 0 Å². The summed E-state index contributed by atoms with van der Waals surface area (Å²) in [5.74, 6) is 0. The third-order valence-corrected chi connectivity index (χ3v) is 3.01. The van der Waals surface area contributed by atoms with E-state index in [1.807, 2.05) is 0 Å². The maximum Gasteiger partial charge on any atom is 0.104 e. The van der Waals surface area contributed by atoms with Crippen molar-refractivity contribution in [3.63, 3.8) is 0 Å². The Balaban J connectivity index is 2.12. The number of aliphatic hydroxyl groups excluding tert-OH is 3. The molecule has 1 fully saturated rings. The number of rotatable bonds is 8. The Labute approximate surface area is 102 Å². The SMILES string of the molecule is OCC(O)COC(CO)COC1CCCCC1. The molecule has 1 aliphatic rings. The van der Waals surface area contributed by atoms with Crippen LogP contribution in [0.3, 0.4) is 0 Å². The summed E-state index contributed by atoms with van der Waals surface area (Å²) in [6.07, 6.45) is 4.83. The fourth-order valence-electron chi connectivity index (χ4n) is 1.93. The zero-order chi connectivity index (χ0) is 12.5. The van der Waals surface area contributed by atoms with Crippen LogP contribution in [0.25, 0.3) is 0 Å². The summed E-state index contributed by atoms with van der Waals surface area (Å²) in [5.41, 5.74) is 0. The molecule has 1 rings (SSSR count). The lowest BCUT2D eigenvalue weighted by atomic mass is 9.98. The van der Waals surface area contributed by atoms with Gasteiger partial charge >= 0.3 is 0 Å². The fourth-order valence-corrected chi connectivity index (χ4v) is 1.93. The standard InChI is InChI=1S/C12H24O5/c13-6-10(15)8-16-12(7-14)9-17-11-4-2-1-3-5-11/h10-15H,1-9H2. The van der Waals surface area contributed by atoms with Crippen LogP contribution in [-0.2, 0) is 9.47 Å². The molecule has 2 atom stereocenters. The summed E-state index contributed by atoms with van der Waals surface area (Å²) in [6, 6.07) is 0. The largest absolute Gasteiger partial charge is 0.394 e.